The van der Waals surface area contributed by atoms with Crippen molar-refractivity contribution in [1.29, 1.82) is 0 Å². The number of hydrogen-bond acceptors (Lipinski definition) is 7. The Balaban J connectivity index is 0. The van der Waals surface area contributed by atoms with Gasteiger partial charge < -0.3 is 31.9 Å². The molecule has 0 saturated heterocycles. The Morgan fingerprint density at radius 1 is 0.882 bits per heavy atom. The van der Waals surface area contributed by atoms with Crippen LogP contribution in [0.1, 0.15) is 6.42 Å². The summed E-state index contributed by atoms with van der Waals surface area (Å²) in [6, 6.07) is 0. The summed E-state index contributed by atoms with van der Waals surface area (Å²) in [4.78, 5) is 1.79. The second-order valence-corrected chi connectivity index (χ2v) is 3.48. The molecule has 0 spiro atoms. The highest BCUT2D eigenvalue weighted by atomic mass is 16.3. The van der Waals surface area contributed by atoms with Crippen LogP contribution in [-0.4, -0.2) is 84.0 Å². The zero-order valence-electron chi connectivity index (χ0n) is 10.3. The molecule has 0 aliphatic carbocycles. The van der Waals surface area contributed by atoms with Crippen LogP contribution in [0.25, 0.3) is 0 Å². The van der Waals surface area contributed by atoms with Crippen molar-refractivity contribution in [2.24, 2.45) is 11.5 Å². The molecule has 0 rings (SSSR count). The van der Waals surface area contributed by atoms with E-state index in [-0.39, 0.29) is 19.8 Å². The van der Waals surface area contributed by atoms with E-state index in [4.69, 9.17) is 31.9 Å². The zero-order chi connectivity index (χ0) is 13.5. The van der Waals surface area contributed by atoms with Crippen LogP contribution in [-0.2, 0) is 0 Å². The van der Waals surface area contributed by atoms with E-state index in [0.29, 0.717) is 39.1 Å². The number of nitrogens with zero attached hydrogens (tertiary/aromatic N) is 1. The third kappa shape index (κ3) is 15.7. The molecule has 0 heterocycles. The Kier molecular flexibility index (Phi) is 17.6. The van der Waals surface area contributed by atoms with E-state index in [0.717, 1.165) is 0 Å². The summed E-state index contributed by atoms with van der Waals surface area (Å²) in [5.41, 5.74) is 10.1. The minimum Gasteiger partial charge on any atom is -0.395 e. The number of nitrogens with two attached hydrogens (primary N) is 2. The first-order valence-electron chi connectivity index (χ1n) is 5.79. The summed E-state index contributed by atoms with van der Waals surface area (Å²) in [6.07, 6.45) is 0.209. The third-order valence-electron chi connectivity index (χ3n) is 2.02. The molecular formula is C10H27N3O4. The lowest BCUT2D eigenvalue weighted by Gasteiger charge is -2.17. The fourth-order valence-corrected chi connectivity index (χ4v) is 1.07. The van der Waals surface area contributed by atoms with Crippen molar-refractivity contribution in [3.63, 3.8) is 0 Å². The van der Waals surface area contributed by atoms with Crippen LogP contribution in [0.3, 0.4) is 0 Å². The van der Waals surface area contributed by atoms with Gasteiger partial charge in [-0.25, -0.2) is 0 Å². The van der Waals surface area contributed by atoms with Gasteiger partial charge in [0.15, 0.2) is 0 Å². The predicted octanol–water partition coefficient (Wildman–Crippen LogP) is -3.08. The topological polar surface area (TPSA) is 136 Å². The molecule has 0 aromatic carbocycles. The van der Waals surface area contributed by atoms with E-state index in [1.54, 1.807) is 4.90 Å². The quantitative estimate of drug-likeness (QED) is 0.256. The highest BCUT2D eigenvalue weighted by Crippen LogP contribution is 1.84. The molecule has 0 aliphatic heterocycles. The minimum atomic E-state index is -0.398. The van der Waals surface area contributed by atoms with Crippen molar-refractivity contribution >= 4 is 0 Å². The van der Waals surface area contributed by atoms with Crippen LogP contribution in [0.2, 0.25) is 0 Å². The Labute approximate surface area is 103 Å². The van der Waals surface area contributed by atoms with Gasteiger partial charge in [0.05, 0.1) is 25.9 Å². The van der Waals surface area contributed by atoms with E-state index in [9.17, 15) is 0 Å². The molecule has 0 radical (unpaired) electrons. The first-order chi connectivity index (χ1) is 8.15. The molecule has 0 aromatic heterocycles. The number of aliphatic hydroxyl groups excluding tert-OH is 4. The van der Waals surface area contributed by atoms with Gasteiger partial charge >= 0.3 is 0 Å². The largest absolute Gasteiger partial charge is 0.395 e. The SMILES string of the molecule is NCCC(O)CN.OCCN(CCO)CCO. The molecule has 7 nitrogen and oxygen atoms in total. The fraction of sp³-hybridized carbons (Fsp3) is 1.00. The van der Waals surface area contributed by atoms with Crippen molar-refractivity contribution in [2.75, 3.05) is 52.5 Å². The monoisotopic (exact) mass is 253 g/mol. The van der Waals surface area contributed by atoms with Gasteiger partial charge in [0.2, 0.25) is 0 Å². The van der Waals surface area contributed by atoms with Crippen LogP contribution in [0.15, 0.2) is 0 Å². The molecule has 1 unspecified atom stereocenters. The lowest BCUT2D eigenvalue weighted by atomic mass is 10.3. The number of rotatable bonds is 9. The highest BCUT2D eigenvalue weighted by Gasteiger charge is 2.00. The number of hydrogen-bond donors (Lipinski definition) is 6. The summed E-state index contributed by atoms with van der Waals surface area (Å²) < 4.78 is 0. The smallest absolute Gasteiger partial charge is 0.0674 e. The lowest BCUT2D eigenvalue weighted by Crippen LogP contribution is -2.32. The molecule has 7 heteroatoms. The van der Waals surface area contributed by atoms with Crippen molar-refractivity contribution < 1.29 is 20.4 Å². The van der Waals surface area contributed by atoms with Crippen LogP contribution in [0.4, 0.5) is 0 Å². The van der Waals surface area contributed by atoms with Crippen LogP contribution < -0.4 is 11.5 Å². The molecule has 106 valence electrons. The first-order valence-corrected chi connectivity index (χ1v) is 5.79. The average Bonchev–Trinajstić information content (AvgIpc) is 2.31. The molecule has 0 amide bonds. The van der Waals surface area contributed by atoms with Crippen LogP contribution in [0, 0.1) is 0 Å². The molecule has 0 saturated carbocycles. The van der Waals surface area contributed by atoms with E-state index in [2.05, 4.69) is 0 Å². The maximum Gasteiger partial charge on any atom is 0.0674 e. The van der Waals surface area contributed by atoms with Gasteiger partial charge in [-0.3, -0.25) is 4.90 Å². The van der Waals surface area contributed by atoms with Crippen molar-refractivity contribution in [2.45, 2.75) is 12.5 Å². The van der Waals surface area contributed by atoms with E-state index in [1.807, 2.05) is 0 Å². The van der Waals surface area contributed by atoms with Gasteiger partial charge in [0.25, 0.3) is 0 Å². The number of aliphatic hydroxyl groups is 4. The van der Waals surface area contributed by atoms with Crippen LogP contribution in [0.5, 0.6) is 0 Å². The summed E-state index contributed by atoms with van der Waals surface area (Å²) in [5, 5.41) is 34.1. The standard InChI is InChI=1S/C6H15NO3.C4H12N2O/c8-4-1-7(2-5-9)3-6-10;5-2-1-4(7)3-6/h8-10H,1-6H2;4,7H,1-3,5-6H2. The molecule has 0 aliphatic rings. The second-order valence-electron chi connectivity index (χ2n) is 3.48. The lowest BCUT2D eigenvalue weighted by molar-refractivity contribution is 0.136. The van der Waals surface area contributed by atoms with Gasteiger partial charge in [-0.1, -0.05) is 0 Å². The maximum atomic E-state index is 8.65. The summed E-state index contributed by atoms with van der Waals surface area (Å²) >= 11 is 0. The highest BCUT2D eigenvalue weighted by molar-refractivity contribution is 4.54. The second kappa shape index (κ2) is 15.7. The van der Waals surface area contributed by atoms with Crippen molar-refractivity contribution in [1.82, 2.24) is 4.90 Å². The van der Waals surface area contributed by atoms with Crippen molar-refractivity contribution in [3.05, 3.63) is 0 Å². The fourth-order valence-electron chi connectivity index (χ4n) is 1.07. The predicted molar refractivity (Wildman–Crippen MR) is 66.4 cm³/mol. The Morgan fingerprint density at radius 3 is 1.47 bits per heavy atom. The maximum absolute atomic E-state index is 8.65. The Bertz CT molecular complexity index is 126. The van der Waals surface area contributed by atoms with Gasteiger partial charge in [0, 0.05) is 26.2 Å². The van der Waals surface area contributed by atoms with Crippen LogP contribution >= 0.6 is 0 Å². The summed E-state index contributed by atoms with van der Waals surface area (Å²) in [6.45, 7) is 2.58. The first kappa shape index (κ1) is 19.1. The Morgan fingerprint density at radius 2 is 1.29 bits per heavy atom. The summed E-state index contributed by atoms with van der Waals surface area (Å²) in [7, 11) is 0. The molecule has 17 heavy (non-hydrogen) atoms. The summed E-state index contributed by atoms with van der Waals surface area (Å²) in [5.74, 6) is 0. The third-order valence-corrected chi connectivity index (χ3v) is 2.02. The molecule has 0 bridgehead atoms. The van der Waals surface area contributed by atoms with Gasteiger partial charge in [-0.2, -0.15) is 0 Å². The van der Waals surface area contributed by atoms with E-state index in [1.165, 1.54) is 0 Å². The Hall–Kier alpha value is -0.280. The normalized spacial score (nSPS) is 12.2. The molecule has 0 aromatic rings. The van der Waals surface area contributed by atoms with Gasteiger partial charge in [0.1, 0.15) is 0 Å². The molecular weight excluding hydrogens is 226 g/mol. The average molecular weight is 253 g/mol. The van der Waals surface area contributed by atoms with E-state index < -0.39 is 6.10 Å². The van der Waals surface area contributed by atoms with Crippen molar-refractivity contribution in [3.8, 4) is 0 Å². The van der Waals surface area contributed by atoms with E-state index >= 15 is 0 Å². The van der Waals surface area contributed by atoms with Gasteiger partial charge in [-0.05, 0) is 13.0 Å². The minimum absolute atomic E-state index is 0.0694. The van der Waals surface area contributed by atoms with Gasteiger partial charge in [-0.15, -0.1) is 0 Å². The molecule has 0 fully saturated rings. The zero-order valence-corrected chi connectivity index (χ0v) is 10.3. The molecule has 8 N–H and O–H groups in total. The molecule has 1 atom stereocenters.